The predicted octanol–water partition coefficient (Wildman–Crippen LogP) is -0.756. The number of benzene rings is 1. The van der Waals surface area contributed by atoms with E-state index < -0.39 is 31.4 Å². The van der Waals surface area contributed by atoms with Crippen molar-refractivity contribution in [2.75, 3.05) is 26.4 Å². The van der Waals surface area contributed by atoms with E-state index in [0.29, 0.717) is 13.0 Å². The van der Waals surface area contributed by atoms with Crippen molar-refractivity contribution in [2.24, 2.45) is 0 Å². The van der Waals surface area contributed by atoms with E-state index in [1.54, 1.807) is 0 Å². The summed E-state index contributed by atoms with van der Waals surface area (Å²) in [6.07, 6.45) is 0.679. The Morgan fingerprint density at radius 2 is 1.63 bits per heavy atom. The SMILES string of the molecule is O=C(NCCc1ccccc1)NC(CO)(CO)CO. The number of aliphatic hydroxyl groups excluding tert-OH is 3. The van der Waals surface area contributed by atoms with E-state index in [2.05, 4.69) is 10.6 Å². The molecule has 2 amide bonds. The molecular formula is C13H20N2O4. The summed E-state index contributed by atoms with van der Waals surface area (Å²) in [7, 11) is 0. The lowest BCUT2D eigenvalue weighted by Crippen LogP contribution is -2.59. The van der Waals surface area contributed by atoms with Gasteiger partial charge in [-0.25, -0.2) is 4.79 Å². The van der Waals surface area contributed by atoms with Gasteiger partial charge in [0, 0.05) is 6.54 Å². The molecule has 6 heteroatoms. The molecule has 6 nitrogen and oxygen atoms in total. The van der Waals surface area contributed by atoms with Gasteiger partial charge in [0.25, 0.3) is 0 Å². The molecule has 1 rings (SSSR count). The van der Waals surface area contributed by atoms with Crippen LogP contribution >= 0.6 is 0 Å². The molecule has 1 aromatic carbocycles. The summed E-state index contributed by atoms with van der Waals surface area (Å²) in [4.78, 5) is 11.6. The highest BCUT2D eigenvalue weighted by atomic mass is 16.3. The van der Waals surface area contributed by atoms with Gasteiger partial charge >= 0.3 is 6.03 Å². The van der Waals surface area contributed by atoms with Crippen LogP contribution in [-0.4, -0.2) is 53.3 Å². The third-order valence-electron chi connectivity index (χ3n) is 2.83. The monoisotopic (exact) mass is 268 g/mol. The van der Waals surface area contributed by atoms with Gasteiger partial charge in [0.2, 0.25) is 0 Å². The standard InChI is InChI=1S/C13H20N2O4/c16-8-13(9-17,10-18)15-12(19)14-7-6-11-4-2-1-3-5-11/h1-5,16-18H,6-10H2,(H2,14,15,19). The Hall–Kier alpha value is -1.63. The van der Waals surface area contributed by atoms with E-state index >= 15 is 0 Å². The molecule has 0 radical (unpaired) electrons. The quantitative estimate of drug-likeness (QED) is 0.449. The predicted molar refractivity (Wildman–Crippen MR) is 70.7 cm³/mol. The number of carbonyl (C=O) groups is 1. The molecule has 0 saturated carbocycles. The number of nitrogens with one attached hydrogen (secondary N) is 2. The van der Waals surface area contributed by atoms with Crippen LogP contribution in [0.5, 0.6) is 0 Å². The van der Waals surface area contributed by atoms with Gasteiger partial charge in [-0.05, 0) is 12.0 Å². The second kappa shape index (κ2) is 7.73. The van der Waals surface area contributed by atoms with Crippen LogP contribution < -0.4 is 10.6 Å². The maximum absolute atomic E-state index is 11.6. The number of hydrogen-bond acceptors (Lipinski definition) is 4. The van der Waals surface area contributed by atoms with Crippen molar-refractivity contribution >= 4 is 6.03 Å². The van der Waals surface area contributed by atoms with Gasteiger partial charge in [0.1, 0.15) is 5.54 Å². The van der Waals surface area contributed by atoms with Gasteiger partial charge in [0.15, 0.2) is 0 Å². The first-order chi connectivity index (χ1) is 9.15. The normalized spacial score (nSPS) is 11.1. The molecule has 0 heterocycles. The zero-order valence-corrected chi connectivity index (χ0v) is 10.7. The van der Waals surface area contributed by atoms with E-state index in [-0.39, 0.29) is 0 Å². The lowest BCUT2D eigenvalue weighted by Gasteiger charge is -2.28. The lowest BCUT2D eigenvalue weighted by molar-refractivity contribution is 0.0493. The average molecular weight is 268 g/mol. The van der Waals surface area contributed by atoms with Crippen molar-refractivity contribution < 1.29 is 20.1 Å². The average Bonchev–Trinajstić information content (AvgIpc) is 2.46. The topological polar surface area (TPSA) is 102 Å². The van der Waals surface area contributed by atoms with Gasteiger partial charge < -0.3 is 26.0 Å². The number of carbonyl (C=O) groups excluding carboxylic acids is 1. The summed E-state index contributed by atoms with van der Waals surface area (Å²) in [5, 5.41) is 32.2. The molecule has 0 saturated heterocycles. The van der Waals surface area contributed by atoms with Crippen molar-refractivity contribution in [1.82, 2.24) is 10.6 Å². The summed E-state index contributed by atoms with van der Waals surface area (Å²) in [5.41, 5.74) is -0.294. The smallest absolute Gasteiger partial charge is 0.315 e. The van der Waals surface area contributed by atoms with Crippen molar-refractivity contribution in [1.29, 1.82) is 0 Å². The fourth-order valence-electron chi connectivity index (χ4n) is 1.52. The Kier molecular flexibility index (Phi) is 6.27. The van der Waals surface area contributed by atoms with Crippen LogP contribution in [0.15, 0.2) is 30.3 Å². The first kappa shape index (κ1) is 15.4. The number of urea groups is 1. The van der Waals surface area contributed by atoms with Gasteiger partial charge in [-0.1, -0.05) is 30.3 Å². The molecule has 0 spiro atoms. The van der Waals surface area contributed by atoms with Crippen LogP contribution in [0, 0.1) is 0 Å². The molecule has 0 aliphatic rings. The zero-order chi connectivity index (χ0) is 14.1. The molecule has 0 fully saturated rings. The molecule has 19 heavy (non-hydrogen) atoms. The third-order valence-corrected chi connectivity index (χ3v) is 2.83. The van der Waals surface area contributed by atoms with Crippen LogP contribution in [0.25, 0.3) is 0 Å². The van der Waals surface area contributed by atoms with Gasteiger partial charge in [-0.2, -0.15) is 0 Å². The van der Waals surface area contributed by atoms with Crippen LogP contribution in [0.2, 0.25) is 0 Å². The second-order valence-electron chi connectivity index (χ2n) is 4.37. The lowest BCUT2D eigenvalue weighted by atomic mass is 10.0. The first-order valence-corrected chi connectivity index (χ1v) is 6.08. The molecule has 0 bridgehead atoms. The maximum Gasteiger partial charge on any atom is 0.315 e. The largest absolute Gasteiger partial charge is 0.394 e. The van der Waals surface area contributed by atoms with Crippen molar-refractivity contribution in [3.8, 4) is 0 Å². The second-order valence-corrected chi connectivity index (χ2v) is 4.37. The molecular weight excluding hydrogens is 248 g/mol. The van der Waals surface area contributed by atoms with E-state index in [9.17, 15) is 4.79 Å². The summed E-state index contributed by atoms with van der Waals surface area (Å²) >= 11 is 0. The number of hydrogen-bond donors (Lipinski definition) is 5. The Labute approximate surface area is 112 Å². The molecule has 106 valence electrons. The molecule has 1 aromatic rings. The molecule has 0 aliphatic heterocycles. The van der Waals surface area contributed by atoms with E-state index in [1.165, 1.54) is 0 Å². The minimum atomic E-state index is -1.39. The molecule has 0 aromatic heterocycles. The Morgan fingerprint density at radius 1 is 1.05 bits per heavy atom. The molecule has 0 unspecified atom stereocenters. The van der Waals surface area contributed by atoms with Gasteiger partial charge in [-0.15, -0.1) is 0 Å². The number of aliphatic hydroxyl groups is 3. The van der Waals surface area contributed by atoms with E-state index in [1.807, 2.05) is 30.3 Å². The molecule has 0 aliphatic carbocycles. The number of rotatable bonds is 7. The Bertz CT molecular complexity index is 371. The summed E-state index contributed by atoms with van der Waals surface area (Å²) in [6.45, 7) is -1.18. The first-order valence-electron chi connectivity index (χ1n) is 6.08. The zero-order valence-electron chi connectivity index (χ0n) is 10.7. The van der Waals surface area contributed by atoms with E-state index in [0.717, 1.165) is 5.56 Å². The summed E-state index contributed by atoms with van der Waals surface area (Å²) in [6, 6.07) is 9.14. The number of amides is 2. The van der Waals surface area contributed by atoms with Crippen LogP contribution in [0.4, 0.5) is 4.79 Å². The maximum atomic E-state index is 11.6. The van der Waals surface area contributed by atoms with Crippen LogP contribution in [0.3, 0.4) is 0 Å². The van der Waals surface area contributed by atoms with Crippen molar-refractivity contribution in [3.63, 3.8) is 0 Å². The highest BCUT2D eigenvalue weighted by Gasteiger charge is 2.29. The Balaban J connectivity index is 2.35. The van der Waals surface area contributed by atoms with Crippen LogP contribution in [-0.2, 0) is 6.42 Å². The highest BCUT2D eigenvalue weighted by molar-refractivity contribution is 5.74. The van der Waals surface area contributed by atoms with Gasteiger partial charge in [-0.3, -0.25) is 0 Å². The summed E-state index contributed by atoms with van der Waals surface area (Å²) in [5.74, 6) is 0. The third kappa shape index (κ3) is 4.86. The molecule has 5 N–H and O–H groups in total. The minimum absolute atomic E-state index is 0.425. The Morgan fingerprint density at radius 3 is 2.16 bits per heavy atom. The van der Waals surface area contributed by atoms with Crippen LogP contribution in [0.1, 0.15) is 5.56 Å². The van der Waals surface area contributed by atoms with Gasteiger partial charge in [0.05, 0.1) is 19.8 Å². The van der Waals surface area contributed by atoms with Crippen molar-refractivity contribution in [3.05, 3.63) is 35.9 Å². The highest BCUT2D eigenvalue weighted by Crippen LogP contribution is 2.01. The summed E-state index contributed by atoms with van der Waals surface area (Å²) < 4.78 is 0. The minimum Gasteiger partial charge on any atom is -0.394 e. The van der Waals surface area contributed by atoms with Crippen molar-refractivity contribution in [2.45, 2.75) is 12.0 Å². The fourth-order valence-corrected chi connectivity index (χ4v) is 1.52. The fraction of sp³-hybridized carbons (Fsp3) is 0.462. The van der Waals surface area contributed by atoms with E-state index in [4.69, 9.17) is 15.3 Å². The molecule has 0 atom stereocenters.